The summed E-state index contributed by atoms with van der Waals surface area (Å²) in [6.45, 7) is 0.633. The number of benzene rings is 2. The molecule has 0 amide bonds. The molecule has 2 aromatic carbocycles. The van der Waals surface area contributed by atoms with Crippen molar-refractivity contribution < 1.29 is 9.13 Å². The number of anilines is 1. The number of rotatable bonds is 4. The van der Waals surface area contributed by atoms with Crippen molar-refractivity contribution in [2.24, 2.45) is 0 Å². The molecule has 0 bridgehead atoms. The Morgan fingerprint density at radius 2 is 1.67 bits per heavy atom. The van der Waals surface area contributed by atoms with Crippen molar-refractivity contribution in [3.05, 3.63) is 63.9 Å². The van der Waals surface area contributed by atoms with Crippen LogP contribution in [0.5, 0.6) is 0 Å². The number of ether oxygens (including phenoxy) is 1. The second-order valence-electron chi connectivity index (χ2n) is 3.90. The second kappa shape index (κ2) is 5.98. The molecule has 0 saturated carbocycles. The molecule has 2 N–H and O–H groups in total. The van der Waals surface area contributed by atoms with Crippen LogP contribution in [0, 0.1) is 5.82 Å². The molecule has 0 aliphatic carbocycles. The third kappa shape index (κ3) is 3.09. The molecular formula is C14H13BrFNO. The summed E-state index contributed by atoms with van der Waals surface area (Å²) < 4.78 is 19.7. The molecule has 2 rings (SSSR count). The van der Waals surface area contributed by atoms with Gasteiger partial charge in [-0.15, -0.1) is 0 Å². The summed E-state index contributed by atoms with van der Waals surface area (Å²) in [5, 5.41) is 0. The third-order valence-electron chi connectivity index (χ3n) is 2.58. The molecule has 0 spiro atoms. The van der Waals surface area contributed by atoms with Crippen LogP contribution < -0.4 is 5.73 Å². The Morgan fingerprint density at radius 3 is 2.44 bits per heavy atom. The van der Waals surface area contributed by atoms with Gasteiger partial charge in [0.15, 0.2) is 0 Å². The molecule has 18 heavy (non-hydrogen) atoms. The minimum Gasteiger partial charge on any atom is -0.398 e. The lowest BCUT2D eigenvalue weighted by Crippen LogP contribution is -1.98. The van der Waals surface area contributed by atoms with Gasteiger partial charge in [0.1, 0.15) is 5.82 Å². The van der Waals surface area contributed by atoms with Crippen molar-refractivity contribution in [2.45, 2.75) is 13.2 Å². The van der Waals surface area contributed by atoms with E-state index in [0.717, 1.165) is 10.0 Å². The average molecular weight is 310 g/mol. The molecule has 2 aromatic rings. The van der Waals surface area contributed by atoms with Crippen LogP contribution in [0.4, 0.5) is 10.1 Å². The Hall–Kier alpha value is -1.39. The molecule has 0 fully saturated rings. The average Bonchev–Trinajstić information content (AvgIpc) is 2.37. The van der Waals surface area contributed by atoms with Crippen molar-refractivity contribution in [2.75, 3.05) is 5.73 Å². The van der Waals surface area contributed by atoms with E-state index in [0.29, 0.717) is 17.9 Å². The highest BCUT2D eigenvalue weighted by molar-refractivity contribution is 9.10. The predicted octanol–water partition coefficient (Wildman–Crippen LogP) is 3.89. The number of halogens is 2. The van der Waals surface area contributed by atoms with Crippen LogP contribution in [-0.2, 0) is 18.0 Å². The summed E-state index contributed by atoms with van der Waals surface area (Å²) in [4.78, 5) is 0. The van der Waals surface area contributed by atoms with Gasteiger partial charge in [-0.1, -0.05) is 30.3 Å². The molecule has 0 aromatic heterocycles. The molecule has 0 radical (unpaired) electrons. The fourth-order valence-corrected chi connectivity index (χ4v) is 1.98. The summed E-state index contributed by atoms with van der Waals surface area (Å²) in [5.41, 5.74) is 7.94. The SMILES string of the molecule is Nc1cccc(COCc2ccccc2F)c1Br. The monoisotopic (exact) mass is 309 g/mol. The molecule has 0 saturated heterocycles. The Kier molecular flexibility index (Phi) is 4.33. The molecule has 0 aliphatic heterocycles. The van der Waals surface area contributed by atoms with Gasteiger partial charge < -0.3 is 10.5 Å². The van der Waals surface area contributed by atoms with E-state index < -0.39 is 0 Å². The van der Waals surface area contributed by atoms with E-state index in [-0.39, 0.29) is 12.4 Å². The molecule has 4 heteroatoms. The normalized spacial score (nSPS) is 10.6. The minimum absolute atomic E-state index is 0.244. The highest BCUT2D eigenvalue weighted by Crippen LogP contribution is 2.24. The maximum Gasteiger partial charge on any atom is 0.128 e. The maximum absolute atomic E-state index is 13.3. The van der Waals surface area contributed by atoms with Crippen LogP contribution in [0.3, 0.4) is 0 Å². The zero-order valence-electron chi connectivity index (χ0n) is 9.70. The summed E-state index contributed by atoms with van der Waals surface area (Å²) >= 11 is 3.40. The van der Waals surface area contributed by atoms with Crippen LogP contribution in [0.2, 0.25) is 0 Å². The summed E-state index contributed by atoms with van der Waals surface area (Å²) in [7, 11) is 0. The second-order valence-corrected chi connectivity index (χ2v) is 4.70. The fourth-order valence-electron chi connectivity index (χ4n) is 1.60. The van der Waals surface area contributed by atoms with Crippen molar-refractivity contribution in [1.82, 2.24) is 0 Å². The Bertz CT molecular complexity index is 545. The van der Waals surface area contributed by atoms with Gasteiger partial charge in [-0.25, -0.2) is 4.39 Å². The maximum atomic E-state index is 13.3. The van der Waals surface area contributed by atoms with Crippen molar-refractivity contribution in [3.8, 4) is 0 Å². The van der Waals surface area contributed by atoms with Crippen LogP contribution >= 0.6 is 15.9 Å². The summed E-state index contributed by atoms with van der Waals surface area (Å²) in [5.74, 6) is -0.246. The minimum atomic E-state index is -0.246. The quantitative estimate of drug-likeness (QED) is 0.870. The first kappa shape index (κ1) is 13.1. The molecular weight excluding hydrogens is 297 g/mol. The molecule has 94 valence electrons. The van der Waals surface area contributed by atoms with Gasteiger partial charge in [-0.3, -0.25) is 0 Å². The number of nitrogens with two attached hydrogens (primary N) is 1. The molecule has 0 aliphatic rings. The highest BCUT2D eigenvalue weighted by atomic mass is 79.9. The lowest BCUT2D eigenvalue weighted by atomic mass is 10.2. The smallest absolute Gasteiger partial charge is 0.128 e. The van der Waals surface area contributed by atoms with Gasteiger partial charge in [-0.05, 0) is 33.6 Å². The van der Waals surface area contributed by atoms with E-state index >= 15 is 0 Å². The lowest BCUT2D eigenvalue weighted by molar-refractivity contribution is 0.104. The standard InChI is InChI=1S/C14H13BrFNO/c15-14-11(5-3-7-13(14)17)9-18-8-10-4-1-2-6-12(10)16/h1-7H,8-9,17H2. The van der Waals surface area contributed by atoms with Gasteiger partial charge in [-0.2, -0.15) is 0 Å². The van der Waals surface area contributed by atoms with Crippen LogP contribution in [0.25, 0.3) is 0 Å². The largest absolute Gasteiger partial charge is 0.398 e. The molecule has 0 heterocycles. The number of hydrogen-bond acceptors (Lipinski definition) is 2. The predicted molar refractivity (Wildman–Crippen MR) is 73.4 cm³/mol. The summed E-state index contributed by atoms with van der Waals surface area (Å²) in [6, 6.07) is 12.2. The summed E-state index contributed by atoms with van der Waals surface area (Å²) in [6.07, 6.45) is 0. The Balaban J connectivity index is 1.97. The van der Waals surface area contributed by atoms with Crippen molar-refractivity contribution >= 4 is 21.6 Å². The first-order valence-electron chi connectivity index (χ1n) is 5.52. The lowest BCUT2D eigenvalue weighted by Gasteiger charge is -2.08. The van der Waals surface area contributed by atoms with Crippen molar-refractivity contribution in [3.63, 3.8) is 0 Å². The van der Waals surface area contributed by atoms with Crippen LogP contribution in [0.15, 0.2) is 46.9 Å². The fraction of sp³-hybridized carbons (Fsp3) is 0.143. The molecule has 0 atom stereocenters. The highest BCUT2D eigenvalue weighted by Gasteiger charge is 2.04. The van der Waals surface area contributed by atoms with E-state index in [2.05, 4.69) is 15.9 Å². The van der Waals surface area contributed by atoms with E-state index in [4.69, 9.17) is 10.5 Å². The van der Waals surface area contributed by atoms with Crippen LogP contribution in [0.1, 0.15) is 11.1 Å². The van der Waals surface area contributed by atoms with E-state index in [1.54, 1.807) is 18.2 Å². The van der Waals surface area contributed by atoms with Crippen molar-refractivity contribution in [1.29, 1.82) is 0 Å². The molecule has 0 unspecified atom stereocenters. The zero-order valence-corrected chi connectivity index (χ0v) is 11.3. The Labute approximate surface area is 114 Å². The van der Waals surface area contributed by atoms with E-state index in [1.165, 1.54) is 6.07 Å². The van der Waals surface area contributed by atoms with Crippen LogP contribution in [-0.4, -0.2) is 0 Å². The first-order chi connectivity index (χ1) is 8.68. The van der Waals surface area contributed by atoms with Gasteiger partial charge >= 0.3 is 0 Å². The van der Waals surface area contributed by atoms with Gasteiger partial charge in [0.25, 0.3) is 0 Å². The topological polar surface area (TPSA) is 35.2 Å². The Morgan fingerprint density at radius 1 is 1.00 bits per heavy atom. The number of hydrogen-bond donors (Lipinski definition) is 1. The first-order valence-corrected chi connectivity index (χ1v) is 6.32. The van der Waals surface area contributed by atoms with Gasteiger partial charge in [0.2, 0.25) is 0 Å². The van der Waals surface area contributed by atoms with E-state index in [1.807, 2.05) is 18.2 Å². The van der Waals surface area contributed by atoms with Gasteiger partial charge in [0.05, 0.1) is 13.2 Å². The number of nitrogen functional groups attached to an aromatic ring is 1. The third-order valence-corrected chi connectivity index (χ3v) is 3.55. The zero-order chi connectivity index (χ0) is 13.0. The van der Waals surface area contributed by atoms with E-state index in [9.17, 15) is 4.39 Å². The van der Waals surface area contributed by atoms with Gasteiger partial charge in [0, 0.05) is 15.7 Å². The molecule has 2 nitrogen and oxygen atoms in total.